The number of carbonyl (C=O) groups is 2. The highest BCUT2D eigenvalue weighted by Crippen LogP contribution is 2.45. The van der Waals surface area contributed by atoms with Gasteiger partial charge in [0.15, 0.2) is 5.16 Å². The van der Waals surface area contributed by atoms with Crippen LogP contribution in [0.15, 0.2) is 33.8 Å². The molecule has 1 saturated heterocycles. The van der Waals surface area contributed by atoms with E-state index in [0.29, 0.717) is 25.3 Å². The second-order valence-electron chi connectivity index (χ2n) is 7.40. The first-order valence-electron chi connectivity index (χ1n) is 9.23. The van der Waals surface area contributed by atoms with Gasteiger partial charge in [-0.1, -0.05) is 11.8 Å². The predicted octanol–water partition coefficient (Wildman–Crippen LogP) is 0.0803. The first-order chi connectivity index (χ1) is 13.4. The van der Waals surface area contributed by atoms with E-state index in [9.17, 15) is 19.8 Å². The van der Waals surface area contributed by atoms with Gasteiger partial charge in [0.1, 0.15) is 11.5 Å². The zero-order chi connectivity index (χ0) is 20.0. The molecule has 4 atom stereocenters. The van der Waals surface area contributed by atoms with Crippen LogP contribution in [0.3, 0.4) is 0 Å². The normalized spacial score (nSPS) is 27.8. The molecular formula is C18H23N5O4S. The van der Waals surface area contributed by atoms with Crippen LogP contribution in [0, 0.1) is 11.8 Å². The second-order valence-corrected chi connectivity index (χ2v) is 8.34. The number of aliphatic hydroxyl groups is 1. The van der Waals surface area contributed by atoms with Crippen LogP contribution in [0.5, 0.6) is 0 Å². The van der Waals surface area contributed by atoms with Crippen molar-refractivity contribution in [2.45, 2.75) is 30.6 Å². The zero-order valence-electron chi connectivity index (χ0n) is 15.7. The summed E-state index contributed by atoms with van der Waals surface area (Å²) in [5, 5.41) is 23.7. The fraction of sp³-hybridized carbons (Fsp3) is 0.556. The van der Waals surface area contributed by atoms with Crippen molar-refractivity contribution in [2.75, 3.05) is 18.8 Å². The number of thioether (sulfide) groups is 1. The minimum atomic E-state index is -1.09. The van der Waals surface area contributed by atoms with Gasteiger partial charge in [0, 0.05) is 38.4 Å². The zero-order valence-corrected chi connectivity index (χ0v) is 16.5. The van der Waals surface area contributed by atoms with Crippen molar-refractivity contribution < 1.29 is 19.8 Å². The molecule has 28 heavy (non-hydrogen) atoms. The molecule has 0 saturated carbocycles. The van der Waals surface area contributed by atoms with Crippen molar-refractivity contribution >= 4 is 29.5 Å². The summed E-state index contributed by atoms with van der Waals surface area (Å²) in [5.74, 6) is -0.444. The number of nitrogens with zero attached hydrogens (tertiary/aromatic N) is 4. The molecule has 3 aliphatic rings. The molecule has 0 bridgehead atoms. The Balaban J connectivity index is 1.45. The third-order valence-corrected chi connectivity index (χ3v) is 6.70. The molecule has 4 heterocycles. The quantitative estimate of drug-likeness (QED) is 0.453. The van der Waals surface area contributed by atoms with Crippen molar-refractivity contribution in [2.24, 2.45) is 23.9 Å². The van der Waals surface area contributed by atoms with Crippen molar-refractivity contribution in [3.8, 4) is 0 Å². The summed E-state index contributed by atoms with van der Waals surface area (Å²) in [5.41, 5.74) is 0.834. The summed E-state index contributed by atoms with van der Waals surface area (Å²) in [4.78, 5) is 34.3. The molecule has 9 nitrogen and oxygen atoms in total. The lowest BCUT2D eigenvalue weighted by molar-refractivity contribution is -0.161. The van der Waals surface area contributed by atoms with Crippen LogP contribution in [-0.2, 0) is 16.6 Å². The third-order valence-electron chi connectivity index (χ3n) is 5.63. The lowest BCUT2D eigenvalue weighted by Gasteiger charge is -2.44. The highest BCUT2D eigenvalue weighted by molar-refractivity contribution is 7.99. The second kappa shape index (κ2) is 7.25. The summed E-state index contributed by atoms with van der Waals surface area (Å²) < 4.78 is 1.94. The fourth-order valence-electron chi connectivity index (χ4n) is 4.20. The van der Waals surface area contributed by atoms with E-state index in [0.717, 1.165) is 16.6 Å². The molecule has 10 heteroatoms. The lowest BCUT2D eigenvalue weighted by atomic mass is 9.82. The minimum Gasteiger partial charge on any atom is -0.477 e. The van der Waals surface area contributed by atoms with Gasteiger partial charge in [-0.25, -0.2) is 9.78 Å². The number of β-lactam (4-membered cyclic amide) rings is 1. The van der Waals surface area contributed by atoms with Crippen molar-refractivity contribution in [3.05, 3.63) is 23.7 Å². The topological polar surface area (TPSA) is 120 Å². The Kier molecular flexibility index (Phi) is 4.92. The van der Waals surface area contributed by atoms with Gasteiger partial charge < -0.3 is 25.0 Å². The molecular weight excluding hydrogens is 382 g/mol. The highest BCUT2D eigenvalue weighted by Gasteiger charge is 2.57. The molecule has 3 N–H and O–H groups in total. The molecule has 1 aromatic rings. The molecule has 0 aliphatic carbocycles. The minimum absolute atomic E-state index is 0.0685. The average Bonchev–Trinajstić information content (AvgIpc) is 3.21. The lowest BCUT2D eigenvalue weighted by Crippen LogP contribution is -2.61. The number of imidazole rings is 1. The van der Waals surface area contributed by atoms with Gasteiger partial charge in [-0.3, -0.25) is 9.79 Å². The number of nitrogens with one attached hydrogen (secondary N) is 1. The number of fused-ring (bicyclic) bond motifs is 1. The number of hydrogen-bond donors (Lipinski definition) is 3. The van der Waals surface area contributed by atoms with E-state index < -0.39 is 18.0 Å². The number of aromatic nitrogens is 2. The van der Waals surface area contributed by atoms with Gasteiger partial charge in [-0.15, -0.1) is 0 Å². The predicted molar refractivity (Wildman–Crippen MR) is 103 cm³/mol. The summed E-state index contributed by atoms with van der Waals surface area (Å²) in [7, 11) is 1.94. The Morgan fingerprint density at radius 1 is 1.50 bits per heavy atom. The molecule has 1 unspecified atom stereocenters. The van der Waals surface area contributed by atoms with Crippen molar-refractivity contribution in [1.29, 1.82) is 0 Å². The Hall–Kier alpha value is -2.33. The molecule has 0 radical (unpaired) electrons. The van der Waals surface area contributed by atoms with Crippen LogP contribution in [0.25, 0.3) is 0 Å². The van der Waals surface area contributed by atoms with E-state index in [1.54, 1.807) is 24.9 Å². The third kappa shape index (κ3) is 3.10. The van der Waals surface area contributed by atoms with Crippen LogP contribution in [0.2, 0.25) is 0 Å². The van der Waals surface area contributed by atoms with E-state index >= 15 is 0 Å². The number of amides is 1. The largest absolute Gasteiger partial charge is 0.477 e. The molecule has 1 aromatic heterocycles. The average molecular weight is 405 g/mol. The van der Waals surface area contributed by atoms with Gasteiger partial charge >= 0.3 is 5.97 Å². The number of aryl methyl sites for hydroxylation is 1. The Morgan fingerprint density at radius 3 is 2.86 bits per heavy atom. The van der Waals surface area contributed by atoms with E-state index in [2.05, 4.69) is 15.3 Å². The molecule has 1 fully saturated rings. The molecule has 4 rings (SSSR count). The smallest absolute Gasteiger partial charge is 0.352 e. The number of aliphatic imine (C=N–C) groups is 1. The van der Waals surface area contributed by atoms with E-state index in [1.807, 2.05) is 17.8 Å². The number of aliphatic carboxylic acids is 1. The number of hydrogen-bond acceptors (Lipinski definition) is 7. The Morgan fingerprint density at radius 2 is 2.29 bits per heavy atom. The molecule has 0 spiro atoms. The van der Waals surface area contributed by atoms with Gasteiger partial charge in [0.2, 0.25) is 5.91 Å². The maximum Gasteiger partial charge on any atom is 0.352 e. The fourth-order valence-corrected chi connectivity index (χ4v) is 5.06. The van der Waals surface area contributed by atoms with E-state index in [4.69, 9.17) is 0 Å². The van der Waals surface area contributed by atoms with Crippen LogP contribution in [0.4, 0.5) is 0 Å². The monoisotopic (exact) mass is 405 g/mol. The maximum absolute atomic E-state index is 12.3. The highest BCUT2D eigenvalue weighted by atomic mass is 32.2. The number of rotatable bonds is 6. The standard InChI is InChI=1S/C18H23N5O4S/c1-9(24)14-12-5-11(15(17(26)27)23(12)16(14)25)10-6-20-13(21-7-10)8-28-18-19-3-4-22(18)2/h3-4,9-10,12,14,24H,5-8H2,1-2H3,(H,20,21)(H,26,27)/t9-,12-,14-/m1/s1. The first kappa shape index (κ1) is 19.0. The van der Waals surface area contributed by atoms with Crippen LogP contribution in [0.1, 0.15) is 13.3 Å². The van der Waals surface area contributed by atoms with Gasteiger partial charge in [-0.05, 0) is 18.9 Å². The maximum atomic E-state index is 12.3. The number of carboxylic acid groups (broad SMARTS) is 1. The number of carbonyl (C=O) groups excluding carboxylic acids is 1. The molecule has 150 valence electrons. The van der Waals surface area contributed by atoms with Crippen LogP contribution >= 0.6 is 11.8 Å². The SMILES string of the molecule is C[C@@H](O)[C@H]1C(=O)N2C(C(=O)O)=C(C3CN=C(CSc4nccn4C)NC3)C[C@H]12. The van der Waals surface area contributed by atoms with Crippen LogP contribution < -0.4 is 5.32 Å². The molecule has 0 aromatic carbocycles. The summed E-state index contributed by atoms with van der Waals surface area (Å²) in [6.07, 6.45) is 3.35. The summed E-state index contributed by atoms with van der Waals surface area (Å²) in [6, 6.07) is -0.252. The molecule has 3 aliphatic heterocycles. The summed E-state index contributed by atoms with van der Waals surface area (Å²) in [6.45, 7) is 2.65. The van der Waals surface area contributed by atoms with Gasteiger partial charge in [0.05, 0.1) is 23.8 Å². The Bertz CT molecular complexity index is 877. The van der Waals surface area contributed by atoms with Crippen molar-refractivity contribution in [3.63, 3.8) is 0 Å². The number of aliphatic hydroxyl groups excluding tert-OH is 1. The number of amidine groups is 1. The first-order valence-corrected chi connectivity index (χ1v) is 10.2. The van der Waals surface area contributed by atoms with E-state index in [1.165, 1.54) is 4.90 Å². The van der Waals surface area contributed by atoms with Crippen molar-refractivity contribution in [1.82, 2.24) is 19.8 Å². The Labute approximate surface area is 166 Å². The van der Waals surface area contributed by atoms with Gasteiger partial charge in [-0.2, -0.15) is 0 Å². The number of carboxylic acids is 1. The van der Waals surface area contributed by atoms with E-state index in [-0.39, 0.29) is 23.6 Å². The molecule has 1 amide bonds. The summed E-state index contributed by atoms with van der Waals surface area (Å²) >= 11 is 1.59. The van der Waals surface area contributed by atoms with Gasteiger partial charge in [0.25, 0.3) is 0 Å². The van der Waals surface area contributed by atoms with Crippen LogP contribution in [-0.4, -0.2) is 73.4 Å².